The van der Waals surface area contributed by atoms with E-state index in [1.54, 1.807) is 6.92 Å². The molecule has 0 aromatic carbocycles. The fourth-order valence-corrected chi connectivity index (χ4v) is 1.47. The Balaban J connectivity index is 4.60. The van der Waals surface area contributed by atoms with Crippen LogP contribution in [0.25, 0.3) is 0 Å². The second-order valence-electron chi connectivity index (χ2n) is 5.24. The summed E-state index contributed by atoms with van der Waals surface area (Å²) in [6, 6.07) is 0. The topological polar surface area (TPSA) is 119 Å². The van der Waals surface area contributed by atoms with Crippen molar-refractivity contribution >= 4 is 17.7 Å². The maximum Gasteiger partial charge on any atom is 0.342 e. The summed E-state index contributed by atoms with van der Waals surface area (Å²) in [6.45, 7) is 0.618. The first-order chi connectivity index (χ1) is 10.3. The van der Waals surface area contributed by atoms with Crippen LogP contribution in [0.15, 0.2) is 0 Å². The molecule has 8 nitrogen and oxygen atoms in total. The molecular weight excluding hydrogens is 296 g/mol. The monoisotopic (exact) mass is 320 g/mol. The smallest absolute Gasteiger partial charge is 0.342 e. The lowest BCUT2D eigenvalue weighted by atomic mass is 9.94. The SMILES string of the molecule is COC(=O)CCCC(=O)C(OCC(C)(CO)CO)C(=O)OC. The number of rotatable bonds is 11. The summed E-state index contributed by atoms with van der Waals surface area (Å²) in [5, 5.41) is 18.3. The van der Waals surface area contributed by atoms with E-state index in [0.29, 0.717) is 0 Å². The third-order valence-corrected chi connectivity index (χ3v) is 3.10. The van der Waals surface area contributed by atoms with Gasteiger partial charge in [-0.25, -0.2) is 4.79 Å². The number of esters is 2. The average molecular weight is 320 g/mol. The standard InChI is InChI=1S/C14H24O8/c1-14(7-15,8-16)9-22-12(13(19)21-3)10(17)5-4-6-11(18)20-2/h12,15-16H,4-9H2,1-3H3. The Hall–Kier alpha value is -1.51. The van der Waals surface area contributed by atoms with Crippen molar-refractivity contribution in [3.05, 3.63) is 0 Å². The number of aliphatic hydroxyl groups is 2. The zero-order valence-corrected chi connectivity index (χ0v) is 13.2. The number of carbonyl (C=O) groups excluding carboxylic acids is 3. The van der Waals surface area contributed by atoms with E-state index < -0.39 is 29.2 Å². The first-order valence-electron chi connectivity index (χ1n) is 6.84. The summed E-state index contributed by atoms with van der Waals surface area (Å²) in [5.41, 5.74) is -0.974. The zero-order chi connectivity index (χ0) is 17.2. The second kappa shape index (κ2) is 10.3. The minimum absolute atomic E-state index is 0.0518. The highest BCUT2D eigenvalue weighted by atomic mass is 16.6. The molecule has 2 N–H and O–H groups in total. The third kappa shape index (κ3) is 6.97. The summed E-state index contributed by atoms with van der Waals surface area (Å²) in [5.74, 6) is -1.84. The van der Waals surface area contributed by atoms with Crippen molar-refractivity contribution in [1.29, 1.82) is 0 Å². The minimum atomic E-state index is -1.44. The van der Waals surface area contributed by atoms with E-state index in [4.69, 9.17) is 14.9 Å². The number of hydrogen-bond donors (Lipinski definition) is 2. The fourth-order valence-electron chi connectivity index (χ4n) is 1.47. The number of methoxy groups -OCH3 is 2. The highest BCUT2D eigenvalue weighted by molar-refractivity contribution is 6.02. The van der Waals surface area contributed by atoms with Crippen LogP contribution in [0.2, 0.25) is 0 Å². The van der Waals surface area contributed by atoms with Crippen LogP contribution in [0.5, 0.6) is 0 Å². The molecule has 0 aliphatic heterocycles. The lowest BCUT2D eigenvalue weighted by molar-refractivity contribution is -0.163. The van der Waals surface area contributed by atoms with Crippen LogP contribution in [0.1, 0.15) is 26.2 Å². The number of ketones is 1. The first kappa shape index (κ1) is 20.5. The molecule has 1 unspecified atom stereocenters. The van der Waals surface area contributed by atoms with Crippen molar-refractivity contribution in [2.45, 2.75) is 32.3 Å². The van der Waals surface area contributed by atoms with E-state index in [0.717, 1.165) is 7.11 Å². The lowest BCUT2D eigenvalue weighted by Crippen LogP contribution is -2.40. The second-order valence-corrected chi connectivity index (χ2v) is 5.24. The molecule has 0 aromatic heterocycles. The van der Waals surface area contributed by atoms with E-state index in [9.17, 15) is 14.4 Å². The van der Waals surface area contributed by atoms with E-state index in [1.165, 1.54) is 7.11 Å². The highest BCUT2D eigenvalue weighted by Crippen LogP contribution is 2.17. The van der Waals surface area contributed by atoms with Gasteiger partial charge in [0.2, 0.25) is 6.10 Å². The van der Waals surface area contributed by atoms with Crippen molar-refractivity contribution < 1.29 is 38.8 Å². The Morgan fingerprint density at radius 3 is 2.09 bits per heavy atom. The Morgan fingerprint density at radius 1 is 1.05 bits per heavy atom. The predicted octanol–water partition coefficient (Wildman–Crippen LogP) is -0.552. The van der Waals surface area contributed by atoms with Crippen molar-refractivity contribution in [2.75, 3.05) is 34.0 Å². The Bertz CT molecular complexity index is 375. The largest absolute Gasteiger partial charge is 0.469 e. The van der Waals surface area contributed by atoms with Crippen LogP contribution in [0, 0.1) is 5.41 Å². The van der Waals surface area contributed by atoms with Gasteiger partial charge in [0.05, 0.1) is 34.0 Å². The molecule has 0 amide bonds. The van der Waals surface area contributed by atoms with Crippen molar-refractivity contribution in [2.24, 2.45) is 5.41 Å². The molecule has 0 spiro atoms. The van der Waals surface area contributed by atoms with Gasteiger partial charge in [0.25, 0.3) is 0 Å². The van der Waals surface area contributed by atoms with E-state index in [1.807, 2.05) is 0 Å². The molecule has 0 rings (SSSR count). The van der Waals surface area contributed by atoms with Gasteiger partial charge in [-0.2, -0.15) is 0 Å². The normalized spacial score (nSPS) is 12.6. The van der Waals surface area contributed by atoms with Gasteiger partial charge in [-0.15, -0.1) is 0 Å². The molecule has 0 aromatic rings. The molecule has 128 valence electrons. The van der Waals surface area contributed by atoms with E-state index in [2.05, 4.69) is 9.47 Å². The summed E-state index contributed by atoms with van der Waals surface area (Å²) >= 11 is 0. The maximum atomic E-state index is 12.0. The van der Waals surface area contributed by atoms with Crippen LogP contribution in [-0.4, -0.2) is 68.1 Å². The minimum Gasteiger partial charge on any atom is -0.469 e. The number of ether oxygens (including phenoxy) is 3. The molecule has 0 aliphatic rings. The molecule has 0 radical (unpaired) electrons. The molecule has 8 heteroatoms. The lowest BCUT2D eigenvalue weighted by Gasteiger charge is -2.26. The average Bonchev–Trinajstić information content (AvgIpc) is 2.53. The van der Waals surface area contributed by atoms with Crippen LogP contribution < -0.4 is 0 Å². The molecule has 0 aliphatic carbocycles. The number of Topliss-reactive ketones (excluding diaryl/α,β-unsaturated/α-hetero) is 1. The quantitative estimate of drug-likeness (QED) is 0.384. The van der Waals surface area contributed by atoms with Gasteiger partial charge >= 0.3 is 11.9 Å². The van der Waals surface area contributed by atoms with Gasteiger partial charge in [0, 0.05) is 18.3 Å². The molecule has 1 atom stereocenters. The van der Waals surface area contributed by atoms with Gasteiger partial charge in [-0.1, -0.05) is 6.92 Å². The van der Waals surface area contributed by atoms with E-state index in [-0.39, 0.29) is 39.1 Å². The van der Waals surface area contributed by atoms with Crippen LogP contribution >= 0.6 is 0 Å². The van der Waals surface area contributed by atoms with Gasteiger partial charge < -0.3 is 24.4 Å². The summed E-state index contributed by atoms with van der Waals surface area (Å²) in [4.78, 5) is 34.6. The predicted molar refractivity (Wildman–Crippen MR) is 74.9 cm³/mol. The molecule has 0 bridgehead atoms. The van der Waals surface area contributed by atoms with Gasteiger partial charge in [-0.3, -0.25) is 9.59 Å². The van der Waals surface area contributed by atoms with E-state index >= 15 is 0 Å². The van der Waals surface area contributed by atoms with Crippen molar-refractivity contribution in [3.8, 4) is 0 Å². The summed E-state index contributed by atoms with van der Waals surface area (Å²) in [7, 11) is 2.37. The number of aliphatic hydroxyl groups excluding tert-OH is 2. The van der Waals surface area contributed by atoms with Gasteiger partial charge in [0.1, 0.15) is 0 Å². The van der Waals surface area contributed by atoms with Crippen molar-refractivity contribution in [3.63, 3.8) is 0 Å². The van der Waals surface area contributed by atoms with Crippen LogP contribution in [0.3, 0.4) is 0 Å². The molecule has 0 saturated carbocycles. The number of carbonyl (C=O) groups is 3. The molecular formula is C14H24O8. The van der Waals surface area contributed by atoms with Crippen LogP contribution in [0.4, 0.5) is 0 Å². The zero-order valence-electron chi connectivity index (χ0n) is 13.2. The fraction of sp³-hybridized carbons (Fsp3) is 0.786. The van der Waals surface area contributed by atoms with Gasteiger partial charge in [-0.05, 0) is 6.42 Å². The Morgan fingerprint density at radius 2 is 1.64 bits per heavy atom. The Kier molecular flexibility index (Phi) is 9.55. The van der Waals surface area contributed by atoms with Crippen molar-refractivity contribution in [1.82, 2.24) is 0 Å². The summed E-state index contributed by atoms with van der Waals surface area (Å²) in [6.07, 6.45) is -1.22. The highest BCUT2D eigenvalue weighted by Gasteiger charge is 2.32. The van der Waals surface area contributed by atoms with Crippen LogP contribution in [-0.2, 0) is 28.6 Å². The molecule has 22 heavy (non-hydrogen) atoms. The third-order valence-electron chi connectivity index (χ3n) is 3.10. The van der Waals surface area contributed by atoms with Gasteiger partial charge in [0.15, 0.2) is 5.78 Å². The Labute approximate surface area is 129 Å². The summed E-state index contributed by atoms with van der Waals surface area (Å²) < 4.78 is 14.2. The maximum absolute atomic E-state index is 12.0. The first-order valence-corrected chi connectivity index (χ1v) is 6.84. The molecule has 0 fully saturated rings. The molecule has 0 saturated heterocycles. The molecule has 0 heterocycles. The number of hydrogen-bond acceptors (Lipinski definition) is 8.